The second-order valence-corrected chi connectivity index (χ2v) is 8.25. The highest BCUT2D eigenvalue weighted by atomic mass is 32.2. The van der Waals surface area contributed by atoms with E-state index in [1.807, 2.05) is 25.5 Å². The van der Waals surface area contributed by atoms with Gasteiger partial charge >= 0.3 is 0 Å². The minimum absolute atomic E-state index is 0.777. The number of hydrogen-bond donors (Lipinski definition) is 2. The maximum atomic E-state index is 4.36. The van der Waals surface area contributed by atoms with E-state index in [1.54, 1.807) is 11.8 Å². The molecule has 2 aromatic rings. The average molecular weight is 428 g/mol. The Bertz CT molecular complexity index is 804. The minimum atomic E-state index is 0.777. The summed E-state index contributed by atoms with van der Waals surface area (Å²) in [7, 11) is 1.82. The number of benzene rings is 1. The van der Waals surface area contributed by atoms with Crippen molar-refractivity contribution < 1.29 is 0 Å². The first-order valence-corrected chi connectivity index (χ1v) is 11.7. The number of guanidine groups is 1. The van der Waals surface area contributed by atoms with Crippen LogP contribution in [0.4, 0.5) is 5.95 Å². The maximum Gasteiger partial charge on any atom is 0.225 e. The Morgan fingerprint density at radius 1 is 1.13 bits per heavy atom. The first-order valence-electron chi connectivity index (χ1n) is 10.5. The number of aromatic nitrogens is 2. The summed E-state index contributed by atoms with van der Waals surface area (Å²) >= 11 is 1.79. The van der Waals surface area contributed by atoms with Gasteiger partial charge in [0.05, 0.1) is 0 Å². The molecule has 0 bridgehead atoms. The Morgan fingerprint density at radius 2 is 1.90 bits per heavy atom. The fraction of sp³-hybridized carbons (Fsp3) is 0.500. The van der Waals surface area contributed by atoms with Gasteiger partial charge in [0.2, 0.25) is 5.95 Å². The predicted octanol–water partition coefficient (Wildman–Crippen LogP) is 2.38. The Hall–Kier alpha value is -2.32. The zero-order valence-electron chi connectivity index (χ0n) is 18.3. The average Bonchev–Trinajstić information content (AvgIpc) is 2.80. The number of thioether (sulfide) groups is 1. The summed E-state index contributed by atoms with van der Waals surface area (Å²) < 4.78 is 0. The summed E-state index contributed by atoms with van der Waals surface area (Å²) in [5, 5.41) is 6.87. The Morgan fingerprint density at radius 3 is 2.60 bits per heavy atom. The van der Waals surface area contributed by atoms with Gasteiger partial charge in [0, 0.05) is 63.6 Å². The molecule has 1 saturated heterocycles. The van der Waals surface area contributed by atoms with Gasteiger partial charge in [0.15, 0.2) is 5.96 Å². The molecule has 0 atom stereocenters. The smallest absolute Gasteiger partial charge is 0.225 e. The van der Waals surface area contributed by atoms with Crippen molar-refractivity contribution in [3.63, 3.8) is 0 Å². The Balaban J connectivity index is 1.34. The second kappa shape index (κ2) is 11.8. The van der Waals surface area contributed by atoms with Crippen LogP contribution in [-0.2, 0) is 6.54 Å². The van der Waals surface area contributed by atoms with Gasteiger partial charge in [-0.3, -0.25) is 9.89 Å². The number of piperazine rings is 1. The maximum absolute atomic E-state index is 4.36. The zero-order valence-corrected chi connectivity index (χ0v) is 19.1. The van der Waals surface area contributed by atoms with Crippen LogP contribution in [0.5, 0.6) is 0 Å². The molecule has 1 aromatic carbocycles. The highest BCUT2D eigenvalue weighted by molar-refractivity contribution is 7.98. The molecule has 0 saturated carbocycles. The summed E-state index contributed by atoms with van der Waals surface area (Å²) in [5.41, 5.74) is 2.60. The number of rotatable bonds is 8. The molecule has 0 amide bonds. The molecule has 1 aliphatic rings. The van der Waals surface area contributed by atoms with Crippen LogP contribution in [0.1, 0.15) is 17.5 Å². The van der Waals surface area contributed by atoms with Gasteiger partial charge in [-0.25, -0.2) is 9.97 Å². The molecule has 1 aromatic heterocycles. The third-order valence-electron chi connectivity index (χ3n) is 5.26. The van der Waals surface area contributed by atoms with E-state index in [-0.39, 0.29) is 0 Å². The normalized spacial score (nSPS) is 15.3. The van der Waals surface area contributed by atoms with E-state index in [0.29, 0.717) is 0 Å². The van der Waals surface area contributed by atoms with Crippen LogP contribution in [0.2, 0.25) is 0 Å². The van der Waals surface area contributed by atoms with Crippen molar-refractivity contribution in [3.05, 3.63) is 47.8 Å². The van der Waals surface area contributed by atoms with E-state index in [0.717, 1.165) is 64.1 Å². The van der Waals surface area contributed by atoms with Crippen molar-refractivity contribution in [2.24, 2.45) is 4.99 Å². The lowest BCUT2D eigenvalue weighted by Gasteiger charge is -2.34. The van der Waals surface area contributed by atoms with E-state index < -0.39 is 0 Å². The molecule has 7 nitrogen and oxygen atoms in total. The van der Waals surface area contributed by atoms with Gasteiger partial charge in [0.1, 0.15) is 0 Å². The topological polar surface area (TPSA) is 68.7 Å². The van der Waals surface area contributed by atoms with E-state index in [4.69, 9.17) is 0 Å². The molecule has 2 heterocycles. The number of aryl methyl sites for hydroxylation is 1. The number of nitrogens with zero attached hydrogens (tertiary/aromatic N) is 5. The number of aliphatic imine (C=N–C) groups is 1. The van der Waals surface area contributed by atoms with Crippen molar-refractivity contribution in [3.8, 4) is 0 Å². The lowest BCUT2D eigenvalue weighted by molar-refractivity contribution is 0.254. The zero-order chi connectivity index (χ0) is 21.2. The lowest BCUT2D eigenvalue weighted by atomic mass is 10.1. The highest BCUT2D eigenvalue weighted by Gasteiger charge is 2.18. The largest absolute Gasteiger partial charge is 0.356 e. The molecule has 2 N–H and O–H groups in total. The number of nitrogens with one attached hydrogen (secondary N) is 2. The number of anilines is 1. The molecule has 0 radical (unpaired) electrons. The highest BCUT2D eigenvalue weighted by Crippen LogP contribution is 2.21. The molecule has 1 fully saturated rings. The second-order valence-electron chi connectivity index (χ2n) is 7.40. The van der Waals surface area contributed by atoms with Crippen LogP contribution in [-0.4, -0.2) is 73.4 Å². The summed E-state index contributed by atoms with van der Waals surface area (Å²) in [6.07, 6.45) is 6.82. The molecular weight excluding hydrogens is 394 g/mol. The summed E-state index contributed by atoms with van der Waals surface area (Å²) in [4.78, 5) is 19.1. The standard InChI is InChI=1S/C22H33N7S/c1-18-6-7-19(20(16-18)30-3)17-27-21(23-2)24-10-5-11-28-12-14-29(15-13-28)22-25-8-4-9-26-22/h4,6-9,16H,5,10-15,17H2,1-3H3,(H2,23,24,27). The third kappa shape index (κ3) is 6.60. The molecule has 3 rings (SSSR count). The summed E-state index contributed by atoms with van der Waals surface area (Å²) in [5.74, 6) is 1.69. The molecule has 0 unspecified atom stereocenters. The van der Waals surface area contributed by atoms with Gasteiger partial charge in [-0.2, -0.15) is 0 Å². The fourth-order valence-electron chi connectivity index (χ4n) is 3.53. The van der Waals surface area contributed by atoms with E-state index >= 15 is 0 Å². The van der Waals surface area contributed by atoms with Gasteiger partial charge < -0.3 is 15.5 Å². The van der Waals surface area contributed by atoms with Crippen molar-refractivity contribution >= 4 is 23.7 Å². The molecule has 30 heavy (non-hydrogen) atoms. The van der Waals surface area contributed by atoms with E-state index in [2.05, 4.69) is 66.8 Å². The van der Waals surface area contributed by atoms with Crippen LogP contribution >= 0.6 is 11.8 Å². The molecule has 0 aliphatic carbocycles. The molecule has 0 spiro atoms. The molecule has 8 heteroatoms. The van der Waals surface area contributed by atoms with Crippen LogP contribution in [0.15, 0.2) is 46.5 Å². The minimum Gasteiger partial charge on any atom is -0.356 e. The van der Waals surface area contributed by atoms with E-state index in [9.17, 15) is 0 Å². The van der Waals surface area contributed by atoms with Crippen LogP contribution in [0.25, 0.3) is 0 Å². The van der Waals surface area contributed by atoms with Crippen molar-refractivity contribution in [1.82, 2.24) is 25.5 Å². The lowest BCUT2D eigenvalue weighted by Crippen LogP contribution is -2.47. The summed E-state index contributed by atoms with van der Waals surface area (Å²) in [6, 6.07) is 8.46. The first kappa shape index (κ1) is 22.4. The first-order chi connectivity index (χ1) is 14.7. The van der Waals surface area contributed by atoms with Gasteiger partial charge in [0.25, 0.3) is 0 Å². The SMILES string of the molecule is CN=C(NCCCN1CCN(c2ncccn2)CC1)NCc1ccc(C)cc1SC. The monoisotopic (exact) mass is 427 g/mol. The molecule has 162 valence electrons. The molecular formula is C22H33N7S. The van der Waals surface area contributed by atoms with Crippen molar-refractivity contribution in [2.45, 2.75) is 24.8 Å². The Labute approximate surface area is 184 Å². The van der Waals surface area contributed by atoms with Crippen molar-refractivity contribution in [2.75, 3.05) is 57.5 Å². The van der Waals surface area contributed by atoms with Crippen LogP contribution < -0.4 is 15.5 Å². The number of hydrogen-bond acceptors (Lipinski definition) is 6. The Kier molecular flexibility index (Phi) is 8.77. The molecule has 1 aliphatic heterocycles. The fourth-order valence-corrected chi connectivity index (χ4v) is 4.24. The van der Waals surface area contributed by atoms with Gasteiger partial charge in [-0.1, -0.05) is 12.1 Å². The third-order valence-corrected chi connectivity index (χ3v) is 6.08. The predicted molar refractivity (Wildman–Crippen MR) is 126 cm³/mol. The van der Waals surface area contributed by atoms with Crippen LogP contribution in [0, 0.1) is 6.92 Å². The van der Waals surface area contributed by atoms with Crippen LogP contribution in [0.3, 0.4) is 0 Å². The van der Waals surface area contributed by atoms with Gasteiger partial charge in [-0.15, -0.1) is 11.8 Å². The summed E-state index contributed by atoms with van der Waals surface area (Å²) in [6.45, 7) is 8.97. The van der Waals surface area contributed by atoms with Crippen molar-refractivity contribution in [1.29, 1.82) is 0 Å². The van der Waals surface area contributed by atoms with E-state index in [1.165, 1.54) is 16.0 Å². The van der Waals surface area contributed by atoms with Gasteiger partial charge in [-0.05, 0) is 49.4 Å². The quantitative estimate of drug-likeness (QED) is 0.290.